The number of hydrogen-bond acceptors (Lipinski definition) is 3. The van der Waals surface area contributed by atoms with Crippen molar-refractivity contribution in [3.05, 3.63) is 52.5 Å². The zero-order valence-corrected chi connectivity index (χ0v) is 11.8. The first-order chi connectivity index (χ1) is 9.11. The van der Waals surface area contributed by atoms with E-state index < -0.39 is 5.97 Å². The van der Waals surface area contributed by atoms with Crippen molar-refractivity contribution in [3.8, 4) is 5.75 Å². The molecule has 0 heterocycles. The molecule has 0 saturated heterocycles. The number of hydrogen-bond donors (Lipinski definition) is 2. The number of para-hydroxylation sites is 1. The lowest BCUT2D eigenvalue weighted by Crippen LogP contribution is -2.02. The van der Waals surface area contributed by atoms with Crippen LogP contribution < -0.4 is 10.1 Å². The minimum Gasteiger partial charge on any atom is -0.496 e. The fourth-order valence-electron chi connectivity index (χ4n) is 1.68. The quantitative estimate of drug-likeness (QED) is 0.896. The van der Waals surface area contributed by atoms with Gasteiger partial charge in [-0.05, 0) is 46.3 Å². The SMILES string of the molecule is COc1ccc(Nc2ccccc2C(=O)O)cc1Br. The summed E-state index contributed by atoms with van der Waals surface area (Å²) in [5, 5.41) is 12.2. The molecule has 0 fully saturated rings. The lowest BCUT2D eigenvalue weighted by Gasteiger charge is -2.11. The second-order valence-electron chi connectivity index (χ2n) is 3.83. The van der Waals surface area contributed by atoms with Gasteiger partial charge in [0.2, 0.25) is 0 Å². The number of benzene rings is 2. The van der Waals surface area contributed by atoms with Crippen LogP contribution in [-0.2, 0) is 0 Å². The van der Waals surface area contributed by atoms with Crippen LogP contribution in [0.15, 0.2) is 46.9 Å². The predicted octanol–water partition coefficient (Wildman–Crippen LogP) is 3.90. The normalized spacial score (nSPS) is 10.0. The molecule has 2 rings (SSSR count). The van der Waals surface area contributed by atoms with E-state index in [-0.39, 0.29) is 5.56 Å². The number of carboxylic acids is 1. The van der Waals surface area contributed by atoms with Gasteiger partial charge in [-0.2, -0.15) is 0 Å². The number of nitrogens with one attached hydrogen (secondary N) is 1. The number of methoxy groups -OCH3 is 1. The second-order valence-corrected chi connectivity index (χ2v) is 4.68. The molecule has 0 saturated carbocycles. The van der Waals surface area contributed by atoms with Crippen molar-refractivity contribution >= 4 is 33.3 Å². The summed E-state index contributed by atoms with van der Waals surface area (Å²) in [7, 11) is 1.59. The number of carbonyl (C=O) groups is 1. The molecule has 0 aliphatic carbocycles. The summed E-state index contributed by atoms with van der Waals surface area (Å²) < 4.78 is 5.94. The molecular formula is C14H12BrNO3. The van der Waals surface area contributed by atoms with Crippen LogP contribution >= 0.6 is 15.9 Å². The number of rotatable bonds is 4. The molecule has 2 aromatic carbocycles. The highest BCUT2D eigenvalue weighted by Crippen LogP contribution is 2.30. The zero-order valence-electron chi connectivity index (χ0n) is 10.2. The minimum absolute atomic E-state index is 0.231. The number of ether oxygens (including phenoxy) is 1. The Hall–Kier alpha value is -2.01. The third kappa shape index (κ3) is 3.06. The van der Waals surface area contributed by atoms with Crippen LogP contribution in [0.3, 0.4) is 0 Å². The lowest BCUT2D eigenvalue weighted by molar-refractivity contribution is 0.0698. The van der Waals surface area contributed by atoms with Crippen LogP contribution in [0.25, 0.3) is 0 Å². The van der Waals surface area contributed by atoms with E-state index >= 15 is 0 Å². The molecule has 5 heteroatoms. The number of halogens is 1. The van der Waals surface area contributed by atoms with Gasteiger partial charge in [-0.3, -0.25) is 0 Å². The third-order valence-electron chi connectivity index (χ3n) is 2.59. The Kier molecular flexibility index (Phi) is 4.06. The molecule has 0 aromatic heterocycles. The van der Waals surface area contributed by atoms with Crippen molar-refractivity contribution < 1.29 is 14.6 Å². The molecule has 0 aliphatic heterocycles. The molecule has 0 bridgehead atoms. The summed E-state index contributed by atoms with van der Waals surface area (Å²) in [6.07, 6.45) is 0. The first kappa shape index (κ1) is 13.4. The summed E-state index contributed by atoms with van der Waals surface area (Å²) in [5.74, 6) is -0.243. The molecule has 2 aromatic rings. The van der Waals surface area contributed by atoms with Gasteiger partial charge in [-0.25, -0.2) is 4.79 Å². The Morgan fingerprint density at radius 2 is 2.00 bits per heavy atom. The van der Waals surface area contributed by atoms with E-state index in [1.54, 1.807) is 37.4 Å². The number of carboxylic acid groups (broad SMARTS) is 1. The Morgan fingerprint density at radius 3 is 2.63 bits per heavy atom. The summed E-state index contributed by atoms with van der Waals surface area (Å²) in [4.78, 5) is 11.1. The van der Waals surface area contributed by atoms with Gasteiger partial charge < -0.3 is 15.2 Å². The van der Waals surface area contributed by atoms with Crippen molar-refractivity contribution in [2.45, 2.75) is 0 Å². The van der Waals surface area contributed by atoms with Crippen LogP contribution in [0.2, 0.25) is 0 Å². The standard InChI is InChI=1S/C14H12BrNO3/c1-19-13-7-6-9(8-11(13)15)16-12-5-3-2-4-10(12)14(17)18/h2-8,16H,1H3,(H,17,18). The summed E-state index contributed by atoms with van der Waals surface area (Å²) in [6.45, 7) is 0. The van der Waals surface area contributed by atoms with Crippen molar-refractivity contribution in [2.24, 2.45) is 0 Å². The molecule has 0 amide bonds. The van der Waals surface area contributed by atoms with Crippen LogP contribution in [0, 0.1) is 0 Å². The molecule has 4 nitrogen and oxygen atoms in total. The van der Waals surface area contributed by atoms with Gasteiger partial charge in [0.15, 0.2) is 0 Å². The lowest BCUT2D eigenvalue weighted by atomic mass is 10.1. The van der Waals surface area contributed by atoms with Gasteiger partial charge in [0.1, 0.15) is 5.75 Å². The van der Waals surface area contributed by atoms with Crippen LogP contribution in [0.5, 0.6) is 5.75 Å². The zero-order chi connectivity index (χ0) is 13.8. The van der Waals surface area contributed by atoms with E-state index in [9.17, 15) is 4.79 Å². The van der Waals surface area contributed by atoms with Crippen LogP contribution in [0.1, 0.15) is 10.4 Å². The molecule has 0 unspecified atom stereocenters. The van der Waals surface area contributed by atoms with E-state index in [2.05, 4.69) is 21.2 Å². The second kappa shape index (κ2) is 5.75. The average molecular weight is 322 g/mol. The van der Waals surface area contributed by atoms with Crippen LogP contribution in [0.4, 0.5) is 11.4 Å². The summed E-state index contributed by atoms with van der Waals surface area (Å²) in [5.41, 5.74) is 1.56. The van der Waals surface area contributed by atoms with Crippen molar-refractivity contribution in [1.29, 1.82) is 0 Å². The van der Waals surface area contributed by atoms with Crippen LogP contribution in [-0.4, -0.2) is 18.2 Å². The maximum Gasteiger partial charge on any atom is 0.337 e. The Labute approximate surface area is 119 Å². The largest absolute Gasteiger partial charge is 0.496 e. The molecule has 0 radical (unpaired) electrons. The van der Waals surface area contributed by atoms with E-state index in [4.69, 9.17) is 9.84 Å². The van der Waals surface area contributed by atoms with Gasteiger partial charge in [0.05, 0.1) is 22.8 Å². The fourth-order valence-corrected chi connectivity index (χ4v) is 2.22. The first-order valence-electron chi connectivity index (χ1n) is 5.54. The molecule has 0 aliphatic rings. The summed E-state index contributed by atoms with van der Waals surface area (Å²) >= 11 is 3.39. The molecule has 0 atom stereocenters. The average Bonchev–Trinajstić information content (AvgIpc) is 2.39. The first-order valence-corrected chi connectivity index (χ1v) is 6.34. The monoisotopic (exact) mass is 321 g/mol. The highest BCUT2D eigenvalue weighted by Gasteiger charge is 2.09. The van der Waals surface area contributed by atoms with Crippen molar-refractivity contribution in [3.63, 3.8) is 0 Å². The molecule has 98 valence electrons. The van der Waals surface area contributed by atoms with Crippen molar-refractivity contribution in [2.75, 3.05) is 12.4 Å². The minimum atomic E-state index is -0.962. The fraction of sp³-hybridized carbons (Fsp3) is 0.0714. The Morgan fingerprint density at radius 1 is 1.26 bits per heavy atom. The third-order valence-corrected chi connectivity index (χ3v) is 3.21. The molecule has 2 N–H and O–H groups in total. The topological polar surface area (TPSA) is 58.6 Å². The van der Waals surface area contributed by atoms with E-state index in [1.807, 2.05) is 12.1 Å². The van der Waals surface area contributed by atoms with Gasteiger partial charge in [0, 0.05) is 5.69 Å². The van der Waals surface area contributed by atoms with E-state index in [1.165, 1.54) is 0 Å². The predicted molar refractivity (Wildman–Crippen MR) is 77.4 cm³/mol. The Balaban J connectivity index is 2.31. The highest BCUT2D eigenvalue weighted by molar-refractivity contribution is 9.10. The molecule has 19 heavy (non-hydrogen) atoms. The summed E-state index contributed by atoms with van der Waals surface area (Å²) in [6, 6.07) is 12.2. The molecule has 0 spiro atoms. The molecular weight excluding hydrogens is 310 g/mol. The van der Waals surface area contributed by atoms with Gasteiger partial charge in [-0.1, -0.05) is 12.1 Å². The maximum atomic E-state index is 11.1. The highest BCUT2D eigenvalue weighted by atomic mass is 79.9. The number of anilines is 2. The van der Waals surface area contributed by atoms with Gasteiger partial charge in [-0.15, -0.1) is 0 Å². The van der Waals surface area contributed by atoms with Gasteiger partial charge in [0.25, 0.3) is 0 Å². The number of aromatic carboxylic acids is 1. The van der Waals surface area contributed by atoms with Crippen molar-refractivity contribution in [1.82, 2.24) is 0 Å². The Bertz CT molecular complexity index is 613. The smallest absolute Gasteiger partial charge is 0.337 e. The maximum absolute atomic E-state index is 11.1. The van der Waals surface area contributed by atoms with Gasteiger partial charge >= 0.3 is 5.97 Å². The van der Waals surface area contributed by atoms with E-state index in [0.717, 1.165) is 15.9 Å². The van der Waals surface area contributed by atoms with E-state index in [0.29, 0.717) is 5.69 Å².